The topological polar surface area (TPSA) is 6.48 Å². The van der Waals surface area contributed by atoms with Crippen molar-refractivity contribution in [3.63, 3.8) is 0 Å². The second kappa shape index (κ2) is 22.1. The van der Waals surface area contributed by atoms with Gasteiger partial charge in [0.2, 0.25) is 0 Å². The predicted molar refractivity (Wildman–Crippen MR) is 252 cm³/mol. The minimum atomic E-state index is 0.159. The van der Waals surface area contributed by atoms with Gasteiger partial charge in [-0.05, 0) is 175 Å². The first-order valence-corrected chi connectivity index (χ1v) is 19.8. The largest absolute Gasteiger partial charge is 0.348 e. The van der Waals surface area contributed by atoms with Gasteiger partial charge in [0, 0.05) is 29.8 Å². The molecule has 0 fully saturated rings. The van der Waals surface area contributed by atoms with Crippen LogP contribution < -0.4 is 9.80 Å². The van der Waals surface area contributed by atoms with E-state index >= 15 is 0 Å². The smallest absolute Gasteiger partial charge is 0.0523 e. The van der Waals surface area contributed by atoms with Crippen LogP contribution in [0.2, 0.25) is 0 Å². The van der Waals surface area contributed by atoms with Crippen LogP contribution >= 0.6 is 0 Å². The number of para-hydroxylation sites is 1. The van der Waals surface area contributed by atoms with Crippen molar-refractivity contribution in [3.05, 3.63) is 214 Å². The van der Waals surface area contributed by atoms with Crippen molar-refractivity contribution in [1.29, 1.82) is 0 Å². The molecule has 0 N–H and O–H groups in total. The maximum Gasteiger partial charge on any atom is 0.0523 e. The molecule has 3 aromatic carbocycles. The van der Waals surface area contributed by atoms with Gasteiger partial charge in [0.1, 0.15) is 0 Å². The predicted octanol–water partition coefficient (Wildman–Crippen LogP) is 15.7. The van der Waals surface area contributed by atoms with Crippen LogP contribution in [-0.2, 0) is 0 Å². The fourth-order valence-electron chi connectivity index (χ4n) is 5.85. The molecule has 0 aromatic heterocycles. The molecule has 0 saturated carbocycles. The summed E-state index contributed by atoms with van der Waals surface area (Å²) in [5.41, 5.74) is 15.7. The Morgan fingerprint density at radius 1 is 0.500 bits per heavy atom. The zero-order valence-electron chi connectivity index (χ0n) is 36.5. The number of hydrogen-bond donors (Lipinski definition) is 0. The van der Waals surface area contributed by atoms with E-state index in [9.17, 15) is 0 Å². The van der Waals surface area contributed by atoms with E-state index in [1.807, 2.05) is 19.1 Å². The van der Waals surface area contributed by atoms with Gasteiger partial charge in [-0.1, -0.05) is 121 Å². The zero-order valence-corrected chi connectivity index (χ0v) is 36.5. The molecule has 0 heterocycles. The molecule has 1 unspecified atom stereocenters. The highest BCUT2D eigenvalue weighted by atomic mass is 15.2. The van der Waals surface area contributed by atoms with Crippen LogP contribution in [-0.4, -0.2) is 13.1 Å². The molecule has 0 aliphatic carbocycles. The Hall–Kier alpha value is -5.60. The van der Waals surface area contributed by atoms with Crippen molar-refractivity contribution in [2.45, 2.75) is 89.1 Å². The number of anilines is 2. The zero-order chi connectivity index (χ0) is 41.4. The Bertz CT molecular complexity index is 2180. The van der Waals surface area contributed by atoms with E-state index in [4.69, 9.17) is 0 Å². The monoisotopic (exact) mass is 743 g/mol. The summed E-state index contributed by atoms with van der Waals surface area (Å²) in [4.78, 5) is 4.53. The molecule has 0 aliphatic rings. The van der Waals surface area contributed by atoms with Gasteiger partial charge >= 0.3 is 0 Å². The number of rotatable bonds is 16. The van der Waals surface area contributed by atoms with Crippen molar-refractivity contribution >= 4 is 22.1 Å². The summed E-state index contributed by atoms with van der Waals surface area (Å²) in [7, 11) is 2.13. The van der Waals surface area contributed by atoms with Crippen LogP contribution in [0.1, 0.15) is 83.1 Å². The third-order valence-corrected chi connectivity index (χ3v) is 10.8. The lowest BCUT2D eigenvalue weighted by Gasteiger charge is -2.32. The average molecular weight is 743 g/mol. The van der Waals surface area contributed by atoms with E-state index in [1.54, 1.807) is 0 Å². The van der Waals surface area contributed by atoms with E-state index in [2.05, 4.69) is 233 Å². The summed E-state index contributed by atoms with van der Waals surface area (Å²) in [5, 5.41) is 2.52. The van der Waals surface area contributed by atoms with Crippen molar-refractivity contribution in [2.24, 2.45) is 0 Å². The molecule has 0 spiro atoms. The van der Waals surface area contributed by atoms with Gasteiger partial charge in [-0.2, -0.15) is 0 Å². The van der Waals surface area contributed by atoms with Gasteiger partial charge in [0.15, 0.2) is 0 Å². The van der Waals surface area contributed by atoms with E-state index in [-0.39, 0.29) is 6.04 Å². The van der Waals surface area contributed by atoms with Gasteiger partial charge < -0.3 is 9.80 Å². The van der Waals surface area contributed by atoms with E-state index in [1.165, 1.54) is 72.3 Å². The normalized spacial score (nSPS) is 15.5. The summed E-state index contributed by atoms with van der Waals surface area (Å²) in [6.45, 7) is 30.4. The number of nitrogens with zero attached hydrogens (tertiary/aromatic N) is 2. The summed E-state index contributed by atoms with van der Waals surface area (Å²) in [6, 6.07) is 25.8. The van der Waals surface area contributed by atoms with Crippen LogP contribution in [0.25, 0.3) is 10.8 Å². The minimum Gasteiger partial charge on any atom is -0.348 e. The Morgan fingerprint density at radius 2 is 0.911 bits per heavy atom. The summed E-state index contributed by atoms with van der Waals surface area (Å²) in [5.74, 6) is 0. The average Bonchev–Trinajstić information content (AvgIpc) is 3.21. The molecule has 0 saturated heterocycles. The maximum absolute atomic E-state index is 4.34. The minimum absolute atomic E-state index is 0.159. The molecule has 3 aromatic rings. The highest BCUT2D eigenvalue weighted by Crippen LogP contribution is 2.27. The Kier molecular flexibility index (Phi) is 17.7. The van der Waals surface area contributed by atoms with Gasteiger partial charge in [-0.15, -0.1) is 0 Å². The number of benzene rings is 3. The van der Waals surface area contributed by atoms with Crippen LogP contribution in [0.4, 0.5) is 11.4 Å². The summed E-state index contributed by atoms with van der Waals surface area (Å²) in [6.07, 6.45) is 26.3. The Morgan fingerprint density at radius 3 is 1.38 bits per heavy atom. The van der Waals surface area contributed by atoms with Crippen LogP contribution in [0.5, 0.6) is 0 Å². The van der Waals surface area contributed by atoms with Gasteiger partial charge in [0.05, 0.1) is 6.04 Å². The molecule has 56 heavy (non-hydrogen) atoms. The first-order valence-electron chi connectivity index (χ1n) is 19.8. The van der Waals surface area contributed by atoms with Gasteiger partial charge in [-0.25, -0.2) is 0 Å². The highest BCUT2D eigenvalue weighted by Gasteiger charge is 2.17. The molecule has 3 rings (SSSR count). The lowest BCUT2D eigenvalue weighted by molar-refractivity contribution is 0.790. The Labute approximate surface area is 340 Å². The number of fused-ring (bicyclic) bond motifs is 1. The molecular weight excluding hydrogens is 677 g/mol. The number of hydrogen-bond acceptors (Lipinski definition) is 2. The van der Waals surface area contributed by atoms with Crippen molar-refractivity contribution in [1.82, 2.24) is 0 Å². The second-order valence-electron chi connectivity index (χ2n) is 15.0. The first-order chi connectivity index (χ1) is 26.6. The Balaban J connectivity index is 1.66. The van der Waals surface area contributed by atoms with E-state index in [0.29, 0.717) is 0 Å². The second-order valence-corrected chi connectivity index (χ2v) is 15.0. The van der Waals surface area contributed by atoms with Gasteiger partial charge in [-0.3, -0.25) is 0 Å². The van der Waals surface area contributed by atoms with Crippen molar-refractivity contribution in [3.8, 4) is 0 Å². The lowest BCUT2D eigenvalue weighted by Crippen LogP contribution is -2.32. The molecule has 292 valence electrons. The molecule has 0 aliphatic heterocycles. The maximum atomic E-state index is 4.34. The summed E-state index contributed by atoms with van der Waals surface area (Å²) >= 11 is 0. The summed E-state index contributed by atoms with van der Waals surface area (Å²) < 4.78 is 0. The highest BCUT2D eigenvalue weighted by molar-refractivity contribution is 5.86. The van der Waals surface area contributed by atoms with Crippen LogP contribution in [0.3, 0.4) is 0 Å². The van der Waals surface area contributed by atoms with E-state index < -0.39 is 0 Å². The fraction of sp³-hybridized carbons (Fsp3) is 0.259. The molecular formula is C54H66N2. The first kappa shape index (κ1) is 44.8. The van der Waals surface area contributed by atoms with Crippen molar-refractivity contribution in [2.75, 3.05) is 16.8 Å². The third kappa shape index (κ3) is 13.3. The van der Waals surface area contributed by atoms with Crippen LogP contribution in [0.15, 0.2) is 214 Å². The lowest BCUT2D eigenvalue weighted by atomic mass is 10.0. The molecule has 1 atom stereocenters. The van der Waals surface area contributed by atoms with Crippen LogP contribution in [0, 0.1) is 0 Å². The molecule has 2 nitrogen and oxygen atoms in total. The third-order valence-electron chi connectivity index (χ3n) is 10.8. The van der Waals surface area contributed by atoms with Crippen molar-refractivity contribution < 1.29 is 0 Å². The molecule has 0 bridgehead atoms. The molecule has 0 radical (unpaired) electrons. The fourth-order valence-corrected chi connectivity index (χ4v) is 5.85. The molecule has 2 heteroatoms. The SMILES string of the molecule is C=C(/C=C\C)N(c1ccccc1)C(C)/C(C)=C/C=C(C)/C(C)=C/C=C(C)/C(C)=C/C=C(C)/C(C)=C/C=C(C)/C(C)=C/C=C(\C)N(C)c1ccc2ccccc2c1. The van der Waals surface area contributed by atoms with E-state index in [0.717, 1.165) is 11.4 Å². The quantitative estimate of drug-likeness (QED) is 0.135. The molecule has 0 amide bonds. The van der Waals surface area contributed by atoms with Gasteiger partial charge in [0.25, 0.3) is 0 Å². The number of allylic oxidation sites excluding steroid dienone is 21. The standard InChI is InChI=1S/C54H66N2/c1-15-21-49(12)56(53-24-17-16-18-25-53)50(13)47(10)33-32-45(8)43(6)29-28-41(4)39(2)26-27-40(3)42(5)30-31-44(7)46(9)34-35-48(11)55(14)54-37-36-51-22-19-20-23-52(51)38-54/h15-38,50H,12H2,1-11,13-14H3/b21-15-,39-26+,40-27+,41-28+,42-30+,43-29+,44-31+,45-32+,46-34+,47-33+,48-35+.